The Morgan fingerprint density at radius 1 is 1.46 bits per heavy atom. The molecule has 2 aliphatic heterocycles. The first-order valence-electron chi connectivity index (χ1n) is 8.38. The maximum absolute atomic E-state index is 11.2. The van der Waals surface area contributed by atoms with Crippen molar-refractivity contribution in [2.75, 3.05) is 26.9 Å². The third kappa shape index (κ3) is 5.06. The molecule has 1 atom stereocenters. The number of aliphatic imine (C=N–C) groups is 1. The number of benzene rings is 1. The number of carbonyl (C=O) groups excluding carboxylic acids is 1. The summed E-state index contributed by atoms with van der Waals surface area (Å²) < 4.78 is 10.7. The number of nitrogens with one attached hydrogen (secondary N) is 1. The Morgan fingerprint density at radius 3 is 3.00 bits per heavy atom. The van der Waals surface area contributed by atoms with E-state index in [-0.39, 0.29) is 42.6 Å². The monoisotopic (exact) mass is 494 g/mol. The zero-order valence-electron chi connectivity index (χ0n) is 14.7. The lowest BCUT2D eigenvalue weighted by Crippen LogP contribution is -2.46. The van der Waals surface area contributed by atoms with Gasteiger partial charge in [0.05, 0.1) is 5.02 Å². The Kier molecular flexibility index (Phi) is 7.63. The number of hydrogen-bond donors (Lipinski definition) is 2. The van der Waals surface area contributed by atoms with Crippen LogP contribution in [0.3, 0.4) is 0 Å². The molecule has 1 amide bonds. The number of primary amides is 1. The quantitative estimate of drug-likeness (QED) is 0.381. The fraction of sp³-hybridized carbons (Fsp3) is 0.529. The van der Waals surface area contributed by atoms with Gasteiger partial charge >= 0.3 is 0 Å². The summed E-state index contributed by atoms with van der Waals surface area (Å²) in [7, 11) is 1.76. The van der Waals surface area contributed by atoms with Gasteiger partial charge in [-0.2, -0.15) is 0 Å². The van der Waals surface area contributed by atoms with E-state index >= 15 is 0 Å². The van der Waals surface area contributed by atoms with Gasteiger partial charge in [-0.3, -0.25) is 9.79 Å². The molecule has 0 saturated carbocycles. The predicted octanol–water partition coefficient (Wildman–Crippen LogP) is 2.35. The molecule has 7 nitrogen and oxygen atoms in total. The molecule has 1 unspecified atom stereocenters. The van der Waals surface area contributed by atoms with Crippen LogP contribution in [0.4, 0.5) is 0 Å². The van der Waals surface area contributed by atoms with E-state index in [1.807, 2.05) is 12.1 Å². The largest absolute Gasteiger partial charge is 0.454 e. The number of nitrogens with zero attached hydrogens (tertiary/aromatic N) is 2. The van der Waals surface area contributed by atoms with E-state index in [1.165, 1.54) is 0 Å². The average Bonchev–Trinajstić information content (AvgIpc) is 3.04. The highest BCUT2D eigenvalue weighted by atomic mass is 127. The van der Waals surface area contributed by atoms with Gasteiger partial charge < -0.3 is 25.4 Å². The Morgan fingerprint density at radius 2 is 2.27 bits per heavy atom. The van der Waals surface area contributed by atoms with Crippen LogP contribution < -0.4 is 20.5 Å². The van der Waals surface area contributed by atoms with Crippen LogP contribution in [-0.4, -0.2) is 43.7 Å². The SMILES string of the molecule is CN=C(NCc1cc(Cl)c2c(c1)OCO2)N1CCCC(CC(N)=O)C1.I. The van der Waals surface area contributed by atoms with E-state index in [1.54, 1.807) is 7.05 Å². The molecule has 1 fully saturated rings. The smallest absolute Gasteiger partial charge is 0.231 e. The molecule has 0 aliphatic carbocycles. The zero-order valence-corrected chi connectivity index (χ0v) is 17.8. The molecule has 2 aliphatic rings. The Hall–Kier alpha value is -1.42. The lowest BCUT2D eigenvalue weighted by Gasteiger charge is -2.34. The molecule has 0 bridgehead atoms. The van der Waals surface area contributed by atoms with Crippen LogP contribution in [0.1, 0.15) is 24.8 Å². The van der Waals surface area contributed by atoms with E-state index in [4.69, 9.17) is 26.8 Å². The molecular formula is C17H24ClIN4O3. The summed E-state index contributed by atoms with van der Waals surface area (Å²) in [4.78, 5) is 17.7. The Labute approximate surface area is 175 Å². The molecule has 1 aromatic rings. The van der Waals surface area contributed by atoms with Crippen LogP contribution in [0.15, 0.2) is 17.1 Å². The molecule has 1 saturated heterocycles. The summed E-state index contributed by atoms with van der Waals surface area (Å²) in [6.07, 6.45) is 2.47. The number of carbonyl (C=O) groups is 1. The summed E-state index contributed by atoms with van der Waals surface area (Å²) in [6, 6.07) is 3.78. The number of rotatable bonds is 4. The maximum Gasteiger partial charge on any atom is 0.231 e. The summed E-state index contributed by atoms with van der Waals surface area (Å²) in [5.41, 5.74) is 6.32. The molecular weight excluding hydrogens is 471 g/mol. The number of piperidine rings is 1. The number of likely N-dealkylation sites (tertiary alicyclic amines) is 1. The van der Waals surface area contributed by atoms with Crippen molar-refractivity contribution in [3.63, 3.8) is 0 Å². The van der Waals surface area contributed by atoms with Gasteiger partial charge in [0.2, 0.25) is 12.7 Å². The van der Waals surface area contributed by atoms with Gasteiger partial charge in [0, 0.05) is 33.1 Å². The van der Waals surface area contributed by atoms with E-state index in [0.29, 0.717) is 29.5 Å². The molecule has 0 aromatic heterocycles. The highest BCUT2D eigenvalue weighted by Crippen LogP contribution is 2.39. The first-order chi connectivity index (χ1) is 12.1. The van der Waals surface area contributed by atoms with Crippen molar-refractivity contribution in [1.82, 2.24) is 10.2 Å². The number of fused-ring (bicyclic) bond motifs is 1. The molecule has 3 N–H and O–H groups in total. The van der Waals surface area contributed by atoms with Gasteiger partial charge in [-0.25, -0.2) is 0 Å². The maximum atomic E-state index is 11.2. The van der Waals surface area contributed by atoms with Gasteiger partial charge in [0.15, 0.2) is 17.5 Å². The minimum absolute atomic E-state index is 0. The van der Waals surface area contributed by atoms with E-state index in [2.05, 4.69) is 15.2 Å². The molecule has 144 valence electrons. The minimum atomic E-state index is -0.246. The third-order valence-electron chi connectivity index (χ3n) is 4.46. The van der Waals surface area contributed by atoms with Crippen molar-refractivity contribution in [2.24, 2.45) is 16.6 Å². The van der Waals surface area contributed by atoms with Gasteiger partial charge in [0.1, 0.15) is 0 Å². The fourth-order valence-electron chi connectivity index (χ4n) is 3.34. The van der Waals surface area contributed by atoms with Crippen molar-refractivity contribution >= 4 is 47.4 Å². The van der Waals surface area contributed by atoms with Crippen molar-refractivity contribution in [3.05, 3.63) is 22.7 Å². The molecule has 3 rings (SSSR count). The molecule has 26 heavy (non-hydrogen) atoms. The van der Waals surface area contributed by atoms with E-state index in [0.717, 1.165) is 37.5 Å². The second kappa shape index (κ2) is 9.50. The number of hydrogen-bond acceptors (Lipinski definition) is 4. The first kappa shape index (κ1) is 20.9. The molecule has 2 heterocycles. The number of halogens is 2. The van der Waals surface area contributed by atoms with Crippen LogP contribution in [-0.2, 0) is 11.3 Å². The van der Waals surface area contributed by atoms with Crippen LogP contribution in [0.2, 0.25) is 5.02 Å². The van der Waals surface area contributed by atoms with E-state index < -0.39 is 0 Å². The normalized spacial score (nSPS) is 19.1. The van der Waals surface area contributed by atoms with Crippen LogP contribution in [0.5, 0.6) is 11.5 Å². The van der Waals surface area contributed by atoms with Gasteiger partial charge in [-0.1, -0.05) is 11.6 Å². The van der Waals surface area contributed by atoms with Gasteiger partial charge in [-0.15, -0.1) is 24.0 Å². The molecule has 0 spiro atoms. The third-order valence-corrected chi connectivity index (χ3v) is 4.74. The van der Waals surface area contributed by atoms with Crippen LogP contribution in [0.25, 0.3) is 0 Å². The zero-order chi connectivity index (χ0) is 17.8. The average molecular weight is 495 g/mol. The standard InChI is InChI=1S/C17H23ClN4O3.HI/c1-20-17(22-4-2-3-11(9-22)7-15(19)23)21-8-12-5-13(18)16-14(6-12)24-10-25-16;/h5-6,11H,2-4,7-10H2,1H3,(H2,19,23)(H,20,21);1H. The number of guanidine groups is 1. The van der Waals surface area contributed by atoms with Gasteiger partial charge in [-0.05, 0) is 36.5 Å². The van der Waals surface area contributed by atoms with Crippen molar-refractivity contribution in [1.29, 1.82) is 0 Å². The molecule has 0 radical (unpaired) electrons. The number of nitrogens with two attached hydrogens (primary N) is 1. The summed E-state index contributed by atoms with van der Waals surface area (Å²) >= 11 is 6.22. The second-order valence-corrected chi connectivity index (χ2v) is 6.74. The van der Waals surface area contributed by atoms with Crippen molar-refractivity contribution in [2.45, 2.75) is 25.8 Å². The predicted molar refractivity (Wildman–Crippen MR) is 111 cm³/mol. The second-order valence-electron chi connectivity index (χ2n) is 6.34. The lowest BCUT2D eigenvalue weighted by molar-refractivity contribution is -0.119. The van der Waals surface area contributed by atoms with Crippen LogP contribution >= 0.6 is 35.6 Å². The number of amides is 1. The Balaban J connectivity index is 0.00000243. The summed E-state index contributed by atoms with van der Waals surface area (Å²) in [6.45, 7) is 2.46. The minimum Gasteiger partial charge on any atom is -0.454 e. The van der Waals surface area contributed by atoms with Crippen molar-refractivity contribution in [3.8, 4) is 11.5 Å². The topological polar surface area (TPSA) is 89.2 Å². The fourth-order valence-corrected chi connectivity index (χ4v) is 3.63. The first-order valence-corrected chi connectivity index (χ1v) is 8.76. The van der Waals surface area contributed by atoms with Crippen molar-refractivity contribution < 1.29 is 14.3 Å². The van der Waals surface area contributed by atoms with Crippen LogP contribution in [0, 0.1) is 5.92 Å². The molecule has 1 aromatic carbocycles. The highest BCUT2D eigenvalue weighted by molar-refractivity contribution is 14.0. The number of ether oxygens (including phenoxy) is 2. The summed E-state index contributed by atoms with van der Waals surface area (Å²) in [5.74, 6) is 2.11. The van der Waals surface area contributed by atoms with E-state index in [9.17, 15) is 4.79 Å². The molecule has 9 heteroatoms. The Bertz CT molecular complexity index is 686. The highest BCUT2D eigenvalue weighted by Gasteiger charge is 2.24. The summed E-state index contributed by atoms with van der Waals surface area (Å²) in [5, 5.41) is 3.90. The van der Waals surface area contributed by atoms with Gasteiger partial charge in [0.25, 0.3) is 0 Å². The lowest BCUT2D eigenvalue weighted by atomic mass is 9.95.